The van der Waals surface area contributed by atoms with Gasteiger partial charge in [0.15, 0.2) is 0 Å². The molecule has 3 aromatic rings. The summed E-state index contributed by atoms with van der Waals surface area (Å²) in [4.78, 5) is 24.8. The lowest BCUT2D eigenvalue weighted by atomic mass is 10.0. The first kappa shape index (κ1) is 18.8. The highest BCUT2D eigenvalue weighted by molar-refractivity contribution is 5.79. The van der Waals surface area contributed by atoms with Crippen molar-refractivity contribution in [1.29, 1.82) is 0 Å². The smallest absolute Gasteiger partial charge is 0.252 e. The van der Waals surface area contributed by atoms with Crippen molar-refractivity contribution < 1.29 is 0 Å². The molecule has 1 aromatic carbocycles. The topological polar surface area (TPSA) is 52.2 Å². The van der Waals surface area contributed by atoms with Crippen molar-refractivity contribution in [2.45, 2.75) is 38.9 Å². The average Bonchev–Trinajstić information content (AvgIpc) is 2.69. The molecule has 0 unspecified atom stereocenters. The molecule has 0 spiro atoms. The Labute approximate surface area is 166 Å². The van der Waals surface area contributed by atoms with Gasteiger partial charge in [-0.15, -0.1) is 0 Å². The summed E-state index contributed by atoms with van der Waals surface area (Å²) in [6.07, 6.45) is 5.94. The Morgan fingerprint density at radius 3 is 2.61 bits per heavy atom. The number of pyridine rings is 2. The van der Waals surface area contributed by atoms with E-state index in [4.69, 9.17) is 0 Å². The van der Waals surface area contributed by atoms with E-state index in [9.17, 15) is 4.79 Å². The van der Waals surface area contributed by atoms with Crippen molar-refractivity contribution in [3.63, 3.8) is 0 Å². The molecular weight excluding hydrogens is 348 g/mol. The van der Waals surface area contributed by atoms with Gasteiger partial charge in [-0.1, -0.05) is 12.1 Å². The highest BCUT2D eigenvalue weighted by Crippen LogP contribution is 2.21. The minimum absolute atomic E-state index is 0.0192. The molecule has 1 N–H and O–H groups in total. The molecule has 0 bridgehead atoms. The van der Waals surface area contributed by atoms with Gasteiger partial charge in [-0.2, -0.15) is 0 Å². The van der Waals surface area contributed by atoms with Crippen molar-refractivity contribution >= 4 is 10.9 Å². The van der Waals surface area contributed by atoms with Crippen LogP contribution in [0.5, 0.6) is 0 Å². The molecule has 1 aliphatic heterocycles. The van der Waals surface area contributed by atoms with Gasteiger partial charge in [-0.25, -0.2) is 0 Å². The molecule has 4 rings (SSSR count). The minimum atomic E-state index is 0.0192. The molecule has 5 nitrogen and oxygen atoms in total. The van der Waals surface area contributed by atoms with E-state index in [1.165, 1.54) is 5.56 Å². The predicted octanol–water partition coefficient (Wildman–Crippen LogP) is 3.33. The standard InChI is InChI=1S/C23H28N4O/c1-17-3-4-19-14-20(23(28)25-22(19)13-17)16-27(15-18-5-9-24-10-6-18)21-7-11-26(2)12-8-21/h3-6,9-10,13-14,21H,7-8,11-12,15-16H2,1-2H3,(H,25,28). The van der Waals surface area contributed by atoms with E-state index in [-0.39, 0.29) is 5.56 Å². The third kappa shape index (κ3) is 4.32. The molecule has 2 aromatic heterocycles. The number of hydrogen-bond donors (Lipinski definition) is 1. The molecule has 146 valence electrons. The number of piperidine rings is 1. The molecule has 1 fully saturated rings. The number of aryl methyl sites for hydroxylation is 1. The maximum absolute atomic E-state index is 12.8. The normalized spacial score (nSPS) is 16.1. The molecule has 5 heteroatoms. The zero-order valence-corrected chi connectivity index (χ0v) is 16.7. The summed E-state index contributed by atoms with van der Waals surface area (Å²) in [5.41, 5.74) is 4.16. The van der Waals surface area contributed by atoms with Gasteiger partial charge in [-0.3, -0.25) is 14.7 Å². The lowest BCUT2D eigenvalue weighted by molar-refractivity contribution is 0.107. The molecular formula is C23H28N4O. The molecule has 28 heavy (non-hydrogen) atoms. The second-order valence-corrected chi connectivity index (χ2v) is 8.01. The van der Waals surface area contributed by atoms with Crippen LogP contribution >= 0.6 is 0 Å². The van der Waals surface area contributed by atoms with Crippen LogP contribution in [0.3, 0.4) is 0 Å². The molecule has 0 atom stereocenters. The first-order valence-electron chi connectivity index (χ1n) is 10.0. The fourth-order valence-electron chi connectivity index (χ4n) is 4.09. The lowest BCUT2D eigenvalue weighted by Gasteiger charge is -2.37. The summed E-state index contributed by atoms with van der Waals surface area (Å²) in [7, 11) is 2.18. The molecule has 0 amide bonds. The van der Waals surface area contributed by atoms with Gasteiger partial charge in [-0.05, 0) is 80.7 Å². The highest BCUT2D eigenvalue weighted by atomic mass is 16.1. The average molecular weight is 377 g/mol. The maximum atomic E-state index is 12.8. The number of likely N-dealkylation sites (tertiary alicyclic amines) is 1. The SMILES string of the molecule is Cc1ccc2cc(CN(Cc3ccncc3)C3CCN(C)CC3)c(=O)[nH]c2c1. The molecule has 3 heterocycles. The summed E-state index contributed by atoms with van der Waals surface area (Å²) in [6, 6.07) is 12.9. The van der Waals surface area contributed by atoms with Crippen molar-refractivity contribution in [3.8, 4) is 0 Å². The van der Waals surface area contributed by atoms with E-state index in [0.717, 1.165) is 54.5 Å². The number of benzene rings is 1. The third-order valence-corrected chi connectivity index (χ3v) is 5.79. The predicted molar refractivity (Wildman–Crippen MR) is 113 cm³/mol. The highest BCUT2D eigenvalue weighted by Gasteiger charge is 2.24. The lowest BCUT2D eigenvalue weighted by Crippen LogP contribution is -2.43. The number of rotatable bonds is 5. The van der Waals surface area contributed by atoms with Crippen LogP contribution in [0.2, 0.25) is 0 Å². The van der Waals surface area contributed by atoms with Crippen LogP contribution in [-0.2, 0) is 13.1 Å². The van der Waals surface area contributed by atoms with Gasteiger partial charge >= 0.3 is 0 Å². The second kappa shape index (κ2) is 8.25. The number of nitrogens with one attached hydrogen (secondary N) is 1. The zero-order chi connectivity index (χ0) is 19.5. The van der Waals surface area contributed by atoms with Crippen molar-refractivity contribution in [1.82, 2.24) is 19.8 Å². The van der Waals surface area contributed by atoms with Gasteiger partial charge in [0.2, 0.25) is 0 Å². The van der Waals surface area contributed by atoms with Crippen molar-refractivity contribution in [2.24, 2.45) is 0 Å². The Morgan fingerprint density at radius 1 is 1.11 bits per heavy atom. The number of H-pyrrole nitrogens is 1. The molecule has 0 radical (unpaired) electrons. The molecule has 0 aliphatic carbocycles. The summed E-state index contributed by atoms with van der Waals surface area (Å²) in [6.45, 7) is 5.75. The van der Waals surface area contributed by atoms with Crippen LogP contribution in [0.4, 0.5) is 0 Å². The van der Waals surface area contributed by atoms with Crippen LogP contribution < -0.4 is 5.56 Å². The fourth-order valence-corrected chi connectivity index (χ4v) is 4.09. The Kier molecular flexibility index (Phi) is 5.55. The van der Waals surface area contributed by atoms with Crippen LogP contribution in [0, 0.1) is 6.92 Å². The van der Waals surface area contributed by atoms with Gasteiger partial charge < -0.3 is 9.88 Å². The fraction of sp³-hybridized carbons (Fsp3) is 0.391. The largest absolute Gasteiger partial charge is 0.322 e. The van der Waals surface area contributed by atoms with Crippen LogP contribution in [0.1, 0.15) is 29.5 Å². The van der Waals surface area contributed by atoms with E-state index in [1.807, 2.05) is 25.4 Å². The zero-order valence-electron chi connectivity index (χ0n) is 16.7. The Bertz CT molecular complexity index is 990. The van der Waals surface area contributed by atoms with Gasteiger partial charge in [0, 0.05) is 42.6 Å². The summed E-state index contributed by atoms with van der Waals surface area (Å²) >= 11 is 0. The maximum Gasteiger partial charge on any atom is 0.252 e. The van der Waals surface area contributed by atoms with E-state index >= 15 is 0 Å². The van der Waals surface area contributed by atoms with Gasteiger partial charge in [0.25, 0.3) is 5.56 Å². The first-order valence-corrected chi connectivity index (χ1v) is 10.0. The number of aromatic nitrogens is 2. The third-order valence-electron chi connectivity index (χ3n) is 5.79. The molecule has 1 aliphatic rings. The van der Waals surface area contributed by atoms with Gasteiger partial charge in [0.1, 0.15) is 0 Å². The molecule has 0 saturated carbocycles. The van der Waals surface area contributed by atoms with Gasteiger partial charge in [0.05, 0.1) is 0 Å². The second-order valence-electron chi connectivity index (χ2n) is 8.01. The van der Waals surface area contributed by atoms with Crippen LogP contribution in [0.15, 0.2) is 53.6 Å². The summed E-state index contributed by atoms with van der Waals surface area (Å²) in [5, 5.41) is 1.09. The number of aromatic amines is 1. The minimum Gasteiger partial charge on any atom is -0.322 e. The Morgan fingerprint density at radius 2 is 1.86 bits per heavy atom. The van der Waals surface area contributed by atoms with Crippen LogP contribution in [0.25, 0.3) is 10.9 Å². The molecule has 1 saturated heterocycles. The van der Waals surface area contributed by atoms with E-state index in [2.05, 4.69) is 57.1 Å². The Balaban J connectivity index is 1.63. The van der Waals surface area contributed by atoms with Crippen molar-refractivity contribution in [3.05, 3.63) is 75.8 Å². The van der Waals surface area contributed by atoms with Crippen LogP contribution in [-0.4, -0.2) is 45.9 Å². The monoisotopic (exact) mass is 376 g/mol. The number of fused-ring (bicyclic) bond motifs is 1. The Hall–Kier alpha value is -2.50. The quantitative estimate of drug-likeness (QED) is 0.742. The summed E-state index contributed by atoms with van der Waals surface area (Å²) < 4.78 is 0. The first-order chi connectivity index (χ1) is 13.6. The van der Waals surface area contributed by atoms with E-state index in [1.54, 1.807) is 0 Å². The number of hydrogen-bond acceptors (Lipinski definition) is 4. The van der Waals surface area contributed by atoms with E-state index < -0.39 is 0 Å². The summed E-state index contributed by atoms with van der Waals surface area (Å²) in [5.74, 6) is 0. The number of nitrogens with zero attached hydrogens (tertiary/aromatic N) is 3. The van der Waals surface area contributed by atoms with Crippen molar-refractivity contribution in [2.75, 3.05) is 20.1 Å². The van der Waals surface area contributed by atoms with E-state index in [0.29, 0.717) is 12.6 Å².